The van der Waals surface area contributed by atoms with Gasteiger partial charge in [-0.1, -0.05) is 67.0 Å². The van der Waals surface area contributed by atoms with Crippen LogP contribution < -0.4 is 10.9 Å². The SMILES string of the molecule is CCCc1c(Cc2ccc(-c3ccccc3C3=NOC(O)N3)cc2)c(=O)n([C@H]2CC[C@](C)(OC(C)C(C)(C)O)CC2)c2nc(C)nn12. The van der Waals surface area contributed by atoms with Crippen LogP contribution >= 0.6 is 0 Å². The van der Waals surface area contributed by atoms with Crippen LogP contribution in [0.25, 0.3) is 16.9 Å². The van der Waals surface area contributed by atoms with Gasteiger partial charge in [0.15, 0.2) is 5.84 Å². The van der Waals surface area contributed by atoms with Gasteiger partial charge in [-0.3, -0.25) is 9.36 Å². The van der Waals surface area contributed by atoms with E-state index in [1.165, 1.54) is 0 Å². The predicted octanol–water partition coefficient (Wildman–Crippen LogP) is 5.02. The van der Waals surface area contributed by atoms with Crippen molar-refractivity contribution < 1.29 is 19.8 Å². The van der Waals surface area contributed by atoms with E-state index < -0.39 is 12.0 Å². The Bertz CT molecular complexity index is 1830. The van der Waals surface area contributed by atoms with E-state index in [1.54, 1.807) is 13.8 Å². The summed E-state index contributed by atoms with van der Waals surface area (Å²) in [7, 11) is 0. The van der Waals surface area contributed by atoms with Crippen LogP contribution in [0.2, 0.25) is 0 Å². The number of nitrogens with zero attached hydrogens (tertiary/aromatic N) is 5. The highest BCUT2D eigenvalue weighted by Crippen LogP contribution is 2.39. The number of oxime groups is 1. The summed E-state index contributed by atoms with van der Waals surface area (Å²) >= 11 is 0. The fourth-order valence-electron chi connectivity index (χ4n) is 6.74. The first-order valence-electron chi connectivity index (χ1n) is 16.6. The molecule has 0 bridgehead atoms. The minimum absolute atomic E-state index is 0.00831. The van der Waals surface area contributed by atoms with Gasteiger partial charge in [-0.2, -0.15) is 10.1 Å². The number of aliphatic hydroxyl groups excluding tert-OH is 1. The van der Waals surface area contributed by atoms with Crippen molar-refractivity contribution in [2.24, 2.45) is 5.16 Å². The minimum Gasteiger partial charge on any atom is -0.388 e. The van der Waals surface area contributed by atoms with Gasteiger partial charge in [0, 0.05) is 23.6 Å². The number of aromatic nitrogens is 4. The lowest BCUT2D eigenvalue weighted by Crippen LogP contribution is -2.45. The number of rotatable bonds is 10. The molecule has 2 aromatic carbocycles. The number of benzene rings is 2. The Labute approximate surface area is 275 Å². The number of nitrogens with one attached hydrogen (secondary N) is 1. The largest absolute Gasteiger partial charge is 0.388 e. The van der Waals surface area contributed by atoms with E-state index in [2.05, 4.69) is 36.5 Å². The molecule has 2 aliphatic rings. The van der Waals surface area contributed by atoms with Gasteiger partial charge < -0.3 is 25.1 Å². The Balaban J connectivity index is 1.32. The zero-order valence-corrected chi connectivity index (χ0v) is 28.2. The molecule has 1 fully saturated rings. The lowest BCUT2D eigenvalue weighted by Gasteiger charge is -2.42. The van der Waals surface area contributed by atoms with Crippen molar-refractivity contribution in [2.75, 3.05) is 0 Å². The van der Waals surface area contributed by atoms with E-state index in [1.807, 2.05) is 59.3 Å². The van der Waals surface area contributed by atoms with E-state index >= 15 is 0 Å². The predicted molar refractivity (Wildman–Crippen MR) is 180 cm³/mol. The van der Waals surface area contributed by atoms with Gasteiger partial charge in [0.05, 0.1) is 23.0 Å². The van der Waals surface area contributed by atoms with Crippen LogP contribution in [-0.4, -0.2) is 58.9 Å². The third-order valence-corrected chi connectivity index (χ3v) is 9.65. The van der Waals surface area contributed by atoms with Crippen molar-refractivity contribution in [3.63, 3.8) is 0 Å². The van der Waals surface area contributed by atoms with Crippen LogP contribution in [0.15, 0.2) is 58.5 Å². The Morgan fingerprint density at radius 2 is 1.81 bits per heavy atom. The number of hydrogen-bond donors (Lipinski definition) is 3. The molecule has 1 saturated carbocycles. The molecule has 250 valence electrons. The second-order valence-corrected chi connectivity index (χ2v) is 13.8. The summed E-state index contributed by atoms with van der Waals surface area (Å²) in [5, 5.41) is 31.8. The van der Waals surface area contributed by atoms with E-state index in [-0.39, 0.29) is 23.3 Å². The lowest BCUT2D eigenvalue weighted by atomic mass is 9.82. The van der Waals surface area contributed by atoms with E-state index in [4.69, 9.17) is 19.7 Å². The number of amidine groups is 1. The van der Waals surface area contributed by atoms with Crippen molar-refractivity contribution >= 4 is 11.6 Å². The monoisotopic (exact) mass is 642 g/mol. The summed E-state index contributed by atoms with van der Waals surface area (Å²) in [5.74, 6) is 1.71. The zero-order chi connectivity index (χ0) is 33.5. The van der Waals surface area contributed by atoms with Gasteiger partial charge in [-0.05, 0) is 83.4 Å². The maximum absolute atomic E-state index is 14.5. The quantitative estimate of drug-likeness (QED) is 0.220. The molecule has 2 aromatic heterocycles. The van der Waals surface area contributed by atoms with Crippen LogP contribution in [0.5, 0.6) is 0 Å². The van der Waals surface area contributed by atoms with Gasteiger partial charge in [0.2, 0.25) is 5.78 Å². The number of aliphatic hydroxyl groups is 2. The van der Waals surface area contributed by atoms with Crippen molar-refractivity contribution in [3.8, 4) is 11.1 Å². The lowest BCUT2D eigenvalue weighted by molar-refractivity contribution is -0.163. The molecule has 3 heterocycles. The molecule has 0 spiro atoms. The molecule has 0 saturated heterocycles. The molecule has 1 aliphatic heterocycles. The number of ether oxygens (including phenoxy) is 1. The molecule has 2 atom stereocenters. The zero-order valence-electron chi connectivity index (χ0n) is 28.2. The first kappa shape index (κ1) is 32.9. The molecule has 4 aromatic rings. The summed E-state index contributed by atoms with van der Waals surface area (Å²) in [6.07, 6.45) is 3.64. The highest BCUT2D eigenvalue weighted by atomic mass is 16.7. The summed E-state index contributed by atoms with van der Waals surface area (Å²) in [6.45, 7) is 11.5. The third kappa shape index (κ3) is 6.70. The molecule has 0 amide bonds. The average molecular weight is 643 g/mol. The van der Waals surface area contributed by atoms with E-state index in [0.29, 0.717) is 30.3 Å². The maximum Gasteiger partial charge on any atom is 0.304 e. The highest BCUT2D eigenvalue weighted by Gasteiger charge is 2.38. The van der Waals surface area contributed by atoms with Gasteiger partial charge >= 0.3 is 6.41 Å². The van der Waals surface area contributed by atoms with E-state index in [9.17, 15) is 15.0 Å². The number of hydrogen-bond acceptors (Lipinski definition) is 9. The minimum atomic E-state index is -1.17. The van der Waals surface area contributed by atoms with Crippen LogP contribution in [-0.2, 0) is 22.4 Å². The van der Waals surface area contributed by atoms with Crippen molar-refractivity contribution in [3.05, 3.63) is 87.1 Å². The van der Waals surface area contributed by atoms with Gasteiger partial charge in [0.1, 0.15) is 5.82 Å². The smallest absolute Gasteiger partial charge is 0.304 e. The highest BCUT2D eigenvalue weighted by molar-refractivity contribution is 6.04. The molecular formula is C36H46N6O5. The van der Waals surface area contributed by atoms with E-state index in [0.717, 1.165) is 65.6 Å². The summed E-state index contributed by atoms with van der Waals surface area (Å²) in [5.41, 5.74) is 4.09. The van der Waals surface area contributed by atoms with Gasteiger partial charge in [-0.15, -0.1) is 0 Å². The Hall–Kier alpha value is -4.06. The Kier molecular flexibility index (Phi) is 8.99. The second kappa shape index (κ2) is 12.9. The van der Waals surface area contributed by atoms with Crippen LogP contribution in [0, 0.1) is 6.92 Å². The second-order valence-electron chi connectivity index (χ2n) is 13.8. The van der Waals surface area contributed by atoms with Gasteiger partial charge in [0.25, 0.3) is 5.56 Å². The number of fused-ring (bicyclic) bond motifs is 1. The van der Waals surface area contributed by atoms with Crippen molar-refractivity contribution in [2.45, 2.75) is 116 Å². The molecule has 6 rings (SSSR count). The molecular weight excluding hydrogens is 596 g/mol. The van der Waals surface area contributed by atoms with Gasteiger partial charge in [-0.25, -0.2) is 4.52 Å². The Morgan fingerprint density at radius 3 is 2.43 bits per heavy atom. The van der Waals surface area contributed by atoms with Crippen LogP contribution in [0.1, 0.15) is 101 Å². The summed E-state index contributed by atoms with van der Waals surface area (Å²) in [4.78, 5) is 24.2. The Morgan fingerprint density at radius 1 is 1.13 bits per heavy atom. The third-order valence-electron chi connectivity index (χ3n) is 9.65. The molecule has 11 heteroatoms. The van der Waals surface area contributed by atoms with Crippen LogP contribution in [0.4, 0.5) is 0 Å². The van der Waals surface area contributed by atoms with Crippen LogP contribution in [0.3, 0.4) is 0 Å². The number of aryl methyl sites for hydroxylation is 2. The molecule has 1 aliphatic carbocycles. The van der Waals surface area contributed by atoms with Crippen molar-refractivity contribution in [1.82, 2.24) is 24.5 Å². The fourth-order valence-corrected chi connectivity index (χ4v) is 6.74. The fraction of sp³-hybridized carbons (Fsp3) is 0.500. The molecule has 3 N–H and O–H groups in total. The summed E-state index contributed by atoms with van der Waals surface area (Å²) in [6, 6.07) is 16.0. The summed E-state index contributed by atoms with van der Waals surface area (Å²) < 4.78 is 10.2. The molecule has 47 heavy (non-hydrogen) atoms. The first-order valence-corrected chi connectivity index (χ1v) is 16.6. The molecule has 0 radical (unpaired) electrons. The first-order chi connectivity index (χ1) is 22.4. The molecule has 2 unspecified atom stereocenters. The standard InChI is InChI=1S/C36H46N6O5/c1-7-10-30-29(21-24-13-15-25(16-14-24)27-11-8-9-12-28(27)31-38-34(44)47-40-31)32(43)41(33-37-23(3)39-42(30)33)26-17-19-36(6,20-18-26)46-22(2)35(4,5)45/h8-9,11-16,22,26,34,44-45H,7,10,17-21H2,1-6H3,(H,38,40)/t22?,26-,34?,36-. The topological polar surface area (TPSA) is 136 Å². The average Bonchev–Trinajstić information content (AvgIpc) is 3.64. The molecule has 11 nitrogen and oxygen atoms in total. The maximum atomic E-state index is 14.5. The van der Waals surface area contributed by atoms with Crippen molar-refractivity contribution in [1.29, 1.82) is 0 Å². The normalized spacial score (nSPS) is 22.2.